The highest BCUT2D eigenvalue weighted by molar-refractivity contribution is 7.89. The van der Waals surface area contributed by atoms with Gasteiger partial charge in [-0.2, -0.15) is 0 Å². The summed E-state index contributed by atoms with van der Waals surface area (Å²) in [6, 6.07) is 14.7. The number of anilines is 1. The molecule has 0 aliphatic heterocycles. The number of carbonyl (C=O) groups excluding carboxylic acids is 1. The van der Waals surface area contributed by atoms with E-state index < -0.39 is 10.0 Å². The number of halogens is 1. The van der Waals surface area contributed by atoms with Gasteiger partial charge in [-0.15, -0.1) is 0 Å². The maximum Gasteiger partial charge on any atom is 0.223 e. The van der Waals surface area contributed by atoms with Crippen molar-refractivity contribution in [3.63, 3.8) is 0 Å². The summed E-state index contributed by atoms with van der Waals surface area (Å²) in [6.07, 6.45) is 0.447. The highest BCUT2D eigenvalue weighted by Crippen LogP contribution is 2.23. The molecule has 0 spiro atoms. The van der Waals surface area contributed by atoms with Crippen molar-refractivity contribution in [1.82, 2.24) is 4.72 Å². The summed E-state index contributed by atoms with van der Waals surface area (Å²) in [5.74, 6) is -0.143. The first-order valence-corrected chi connectivity index (χ1v) is 10.4. The van der Waals surface area contributed by atoms with E-state index in [9.17, 15) is 13.2 Å². The number of carbonyl (C=O) groups is 1. The van der Waals surface area contributed by atoms with Gasteiger partial charge in [0.05, 0.1) is 5.75 Å². The van der Waals surface area contributed by atoms with Crippen molar-refractivity contribution in [1.29, 1.82) is 0 Å². The Morgan fingerprint density at radius 3 is 2.46 bits per heavy atom. The molecule has 0 aliphatic rings. The van der Waals surface area contributed by atoms with Crippen LogP contribution in [-0.2, 0) is 21.2 Å². The number of amides is 1. The average Bonchev–Trinajstić information content (AvgIpc) is 2.59. The molecule has 0 heterocycles. The van der Waals surface area contributed by atoms with Gasteiger partial charge in [-0.05, 0) is 42.7 Å². The van der Waals surface area contributed by atoms with Gasteiger partial charge in [0.25, 0.3) is 0 Å². The van der Waals surface area contributed by atoms with E-state index in [1.807, 2.05) is 37.3 Å². The summed E-state index contributed by atoms with van der Waals surface area (Å²) in [6.45, 7) is 3.72. The molecular weight excluding hydrogens is 372 g/mol. The lowest BCUT2D eigenvalue weighted by Gasteiger charge is -2.23. The third-order valence-corrected chi connectivity index (χ3v) is 5.61. The number of hydrogen-bond donors (Lipinski definition) is 1. The van der Waals surface area contributed by atoms with Crippen LogP contribution in [0.1, 0.15) is 18.1 Å². The van der Waals surface area contributed by atoms with E-state index in [0.29, 0.717) is 11.4 Å². The lowest BCUT2D eigenvalue weighted by Crippen LogP contribution is -2.38. The Morgan fingerprint density at radius 2 is 1.85 bits per heavy atom. The minimum absolute atomic E-state index is 0.0110. The van der Waals surface area contributed by atoms with E-state index in [1.54, 1.807) is 23.1 Å². The molecule has 7 heteroatoms. The Balaban J connectivity index is 1.93. The fourth-order valence-corrected chi connectivity index (χ4v) is 3.93. The number of benzene rings is 2. The van der Waals surface area contributed by atoms with Crippen molar-refractivity contribution in [3.8, 4) is 0 Å². The van der Waals surface area contributed by atoms with Gasteiger partial charge in [0.1, 0.15) is 0 Å². The van der Waals surface area contributed by atoms with Crippen LogP contribution in [0.25, 0.3) is 0 Å². The Bertz CT molecular complexity index is 854. The van der Waals surface area contributed by atoms with E-state index in [2.05, 4.69) is 4.72 Å². The van der Waals surface area contributed by atoms with Crippen LogP contribution in [0, 0.1) is 6.92 Å². The summed E-state index contributed by atoms with van der Waals surface area (Å²) in [4.78, 5) is 13.5. The molecule has 26 heavy (non-hydrogen) atoms. The third kappa shape index (κ3) is 6.12. The highest BCUT2D eigenvalue weighted by atomic mass is 35.5. The molecule has 2 aromatic rings. The summed E-state index contributed by atoms with van der Waals surface area (Å²) in [5, 5.41) is 0.594. The normalized spacial score (nSPS) is 11.3. The number of rotatable bonds is 8. The van der Waals surface area contributed by atoms with Crippen molar-refractivity contribution in [3.05, 3.63) is 64.7 Å². The number of aryl methyl sites for hydroxylation is 2. The molecule has 0 saturated heterocycles. The molecule has 0 aliphatic carbocycles. The van der Waals surface area contributed by atoms with Crippen molar-refractivity contribution < 1.29 is 13.2 Å². The second-order valence-electron chi connectivity index (χ2n) is 6.05. The van der Waals surface area contributed by atoms with Gasteiger partial charge in [0.2, 0.25) is 15.9 Å². The molecular formula is C19H23ClN2O3S. The zero-order valence-electron chi connectivity index (χ0n) is 14.9. The van der Waals surface area contributed by atoms with Crippen LogP contribution in [-0.4, -0.2) is 33.2 Å². The van der Waals surface area contributed by atoms with Gasteiger partial charge in [-0.3, -0.25) is 4.79 Å². The lowest BCUT2D eigenvalue weighted by atomic mass is 10.2. The molecule has 1 amide bonds. The van der Waals surface area contributed by atoms with E-state index in [1.165, 1.54) is 6.92 Å². The maximum atomic E-state index is 12.2. The van der Waals surface area contributed by atoms with E-state index >= 15 is 0 Å². The van der Waals surface area contributed by atoms with Crippen LogP contribution < -0.4 is 9.62 Å². The summed E-state index contributed by atoms with van der Waals surface area (Å²) < 4.78 is 26.9. The van der Waals surface area contributed by atoms with Gasteiger partial charge < -0.3 is 4.90 Å². The van der Waals surface area contributed by atoms with Crippen molar-refractivity contribution in [2.75, 3.05) is 23.7 Å². The maximum absolute atomic E-state index is 12.2. The molecule has 140 valence electrons. The van der Waals surface area contributed by atoms with Crippen molar-refractivity contribution in [2.45, 2.75) is 20.3 Å². The van der Waals surface area contributed by atoms with Crippen molar-refractivity contribution >= 4 is 33.2 Å². The van der Waals surface area contributed by atoms with Crippen LogP contribution in [0.4, 0.5) is 5.69 Å². The van der Waals surface area contributed by atoms with Gasteiger partial charge in [-0.25, -0.2) is 13.1 Å². The molecule has 0 atom stereocenters. The summed E-state index contributed by atoms with van der Waals surface area (Å²) in [7, 11) is -3.41. The largest absolute Gasteiger partial charge is 0.311 e. The lowest BCUT2D eigenvalue weighted by molar-refractivity contribution is -0.116. The predicted octanol–water partition coefficient (Wildman–Crippen LogP) is 3.16. The zero-order chi connectivity index (χ0) is 19.2. The fraction of sp³-hybridized carbons (Fsp3) is 0.316. The van der Waals surface area contributed by atoms with Crippen LogP contribution in [0.3, 0.4) is 0 Å². The molecule has 5 nitrogen and oxygen atoms in total. The number of nitrogens with zero attached hydrogens (tertiary/aromatic N) is 1. The molecule has 2 rings (SSSR count). The average molecular weight is 395 g/mol. The monoisotopic (exact) mass is 394 g/mol. The quantitative estimate of drug-likeness (QED) is 0.747. The molecule has 0 bridgehead atoms. The summed E-state index contributed by atoms with van der Waals surface area (Å²) >= 11 is 5.96. The molecule has 2 aromatic carbocycles. The van der Waals surface area contributed by atoms with E-state index in [0.717, 1.165) is 16.8 Å². The second-order valence-corrected chi connectivity index (χ2v) is 8.41. The van der Waals surface area contributed by atoms with Gasteiger partial charge >= 0.3 is 0 Å². The van der Waals surface area contributed by atoms with Gasteiger partial charge in [0.15, 0.2) is 0 Å². The number of sulfonamides is 1. The minimum Gasteiger partial charge on any atom is -0.311 e. The third-order valence-electron chi connectivity index (χ3n) is 3.99. The van der Waals surface area contributed by atoms with Crippen LogP contribution in [0.2, 0.25) is 5.02 Å². The SMILES string of the molecule is CC(=O)N(CCNS(=O)(=O)CCc1ccccc1)c1ccc(Cl)cc1C. The first-order chi connectivity index (χ1) is 12.3. The second kappa shape index (κ2) is 9.16. The molecule has 0 saturated carbocycles. The van der Waals surface area contributed by atoms with Gasteiger partial charge in [0, 0.05) is 30.7 Å². The molecule has 0 unspecified atom stereocenters. The first kappa shape index (κ1) is 20.4. The van der Waals surface area contributed by atoms with Crippen LogP contribution >= 0.6 is 11.6 Å². The summed E-state index contributed by atoms with van der Waals surface area (Å²) in [5.41, 5.74) is 2.56. The Labute approximate surface area is 160 Å². The Morgan fingerprint density at radius 1 is 1.15 bits per heavy atom. The first-order valence-electron chi connectivity index (χ1n) is 8.34. The zero-order valence-corrected chi connectivity index (χ0v) is 16.5. The minimum atomic E-state index is -3.41. The van der Waals surface area contributed by atoms with Crippen LogP contribution in [0.15, 0.2) is 48.5 Å². The molecule has 1 N–H and O–H groups in total. The Hall–Kier alpha value is -1.89. The predicted molar refractivity (Wildman–Crippen MR) is 106 cm³/mol. The van der Waals surface area contributed by atoms with Crippen molar-refractivity contribution in [2.24, 2.45) is 0 Å². The topological polar surface area (TPSA) is 66.5 Å². The highest BCUT2D eigenvalue weighted by Gasteiger charge is 2.16. The standard InChI is InChI=1S/C19H23ClN2O3S/c1-15-14-18(20)8-9-19(15)22(16(2)23)12-11-21-26(24,25)13-10-17-6-4-3-5-7-17/h3-9,14,21H,10-13H2,1-2H3. The molecule has 0 aromatic heterocycles. The number of nitrogens with one attached hydrogen (secondary N) is 1. The smallest absolute Gasteiger partial charge is 0.223 e. The van der Waals surface area contributed by atoms with Gasteiger partial charge in [-0.1, -0.05) is 41.9 Å². The molecule has 0 fully saturated rings. The number of hydrogen-bond acceptors (Lipinski definition) is 3. The van der Waals surface area contributed by atoms with E-state index in [4.69, 9.17) is 11.6 Å². The Kier molecular flexibility index (Phi) is 7.20. The molecule has 0 radical (unpaired) electrons. The van der Waals surface area contributed by atoms with Crippen LogP contribution in [0.5, 0.6) is 0 Å². The fourth-order valence-electron chi connectivity index (χ4n) is 2.65. The van der Waals surface area contributed by atoms with E-state index in [-0.39, 0.29) is 24.7 Å².